The molecule has 0 bridgehead atoms. The van der Waals surface area contributed by atoms with Gasteiger partial charge in [-0.25, -0.2) is 0 Å². The summed E-state index contributed by atoms with van der Waals surface area (Å²) in [5, 5.41) is 14.1. The largest absolute Gasteiger partial charge is 0.393 e. The Kier molecular flexibility index (Phi) is 9.05. The van der Waals surface area contributed by atoms with Gasteiger partial charge in [0.15, 0.2) is 0 Å². The molecule has 9 atom stereocenters. The molecule has 0 radical (unpaired) electrons. The van der Waals surface area contributed by atoms with Crippen molar-refractivity contribution in [3.8, 4) is 0 Å². The summed E-state index contributed by atoms with van der Waals surface area (Å²) in [6, 6.07) is 0.642. The average molecular weight is 464 g/mol. The van der Waals surface area contributed by atoms with Gasteiger partial charge in [0.05, 0.1) is 6.10 Å². The van der Waals surface area contributed by atoms with Crippen molar-refractivity contribution in [1.82, 2.24) is 10.2 Å². The number of fused-ring (bicyclic) bond motifs is 5. The van der Waals surface area contributed by atoms with Crippen molar-refractivity contribution in [3.63, 3.8) is 0 Å². The van der Waals surface area contributed by atoms with Crippen molar-refractivity contribution < 1.29 is 5.11 Å². The lowest BCUT2D eigenvalue weighted by molar-refractivity contribution is -0.127. The van der Waals surface area contributed by atoms with E-state index >= 15 is 0 Å². The molecular weight excluding hydrogens is 415 g/mol. The van der Waals surface area contributed by atoms with Gasteiger partial charge in [-0.3, -0.25) is 0 Å². The number of aliphatic hydroxyl groups excluding tert-OH is 1. The zero-order chi connectivity index (χ0) is 20.1. The molecule has 0 spiro atoms. The zero-order valence-corrected chi connectivity index (χ0v) is 21.7. The van der Waals surface area contributed by atoms with E-state index in [-0.39, 0.29) is 30.9 Å². The van der Waals surface area contributed by atoms with Gasteiger partial charge in [-0.1, -0.05) is 13.8 Å². The molecule has 2 N–H and O–H groups in total. The minimum absolute atomic E-state index is 0. The Bertz CT molecular complexity index is 561. The predicted octanol–water partition coefficient (Wildman–Crippen LogP) is 5.39. The van der Waals surface area contributed by atoms with Gasteiger partial charge in [-0.15, -0.1) is 24.8 Å². The first kappa shape index (κ1) is 26.7. The van der Waals surface area contributed by atoms with Crippen molar-refractivity contribution in [2.75, 3.05) is 27.2 Å². The smallest absolute Gasteiger partial charge is 0.0543 e. The summed E-state index contributed by atoms with van der Waals surface area (Å²) in [6.07, 6.45) is 12.0. The molecular formula is C25H48Cl2N2O. The van der Waals surface area contributed by atoms with Crippen molar-refractivity contribution in [3.05, 3.63) is 0 Å². The molecule has 0 aromatic carbocycles. The predicted molar refractivity (Wildman–Crippen MR) is 132 cm³/mol. The molecule has 5 heteroatoms. The maximum absolute atomic E-state index is 10.2. The molecule has 0 aliphatic heterocycles. The molecule has 178 valence electrons. The van der Waals surface area contributed by atoms with Gasteiger partial charge in [-0.05, 0) is 119 Å². The fourth-order valence-corrected chi connectivity index (χ4v) is 8.76. The summed E-state index contributed by atoms with van der Waals surface area (Å²) in [7, 11) is 4.34. The fourth-order valence-electron chi connectivity index (χ4n) is 8.76. The Hall–Kier alpha value is 0.460. The van der Waals surface area contributed by atoms with E-state index in [1.165, 1.54) is 44.9 Å². The normalized spacial score (nSPS) is 46.1. The summed E-state index contributed by atoms with van der Waals surface area (Å²) in [4.78, 5) is 2.28. The second-order valence-corrected chi connectivity index (χ2v) is 11.9. The molecule has 3 nitrogen and oxygen atoms in total. The van der Waals surface area contributed by atoms with Crippen molar-refractivity contribution >= 4 is 24.8 Å². The fraction of sp³-hybridized carbons (Fsp3) is 1.00. The van der Waals surface area contributed by atoms with Gasteiger partial charge in [0.2, 0.25) is 0 Å². The third-order valence-electron chi connectivity index (χ3n) is 10.3. The molecule has 0 aromatic rings. The van der Waals surface area contributed by atoms with Crippen LogP contribution in [0.25, 0.3) is 0 Å². The summed E-state index contributed by atoms with van der Waals surface area (Å²) in [5.41, 5.74) is 1.06. The first-order valence-electron chi connectivity index (χ1n) is 12.3. The van der Waals surface area contributed by atoms with Gasteiger partial charge in [0, 0.05) is 19.1 Å². The number of hydrogen-bond acceptors (Lipinski definition) is 3. The minimum Gasteiger partial charge on any atom is -0.393 e. The number of hydrogen-bond donors (Lipinski definition) is 2. The van der Waals surface area contributed by atoms with Crippen LogP contribution in [-0.2, 0) is 0 Å². The Balaban J connectivity index is 0.00000160. The molecule has 0 aromatic heterocycles. The average Bonchev–Trinajstić information content (AvgIpc) is 2.99. The van der Waals surface area contributed by atoms with Gasteiger partial charge in [0.25, 0.3) is 0 Å². The Morgan fingerprint density at radius 2 is 1.60 bits per heavy atom. The zero-order valence-electron chi connectivity index (χ0n) is 20.0. The molecule has 4 fully saturated rings. The van der Waals surface area contributed by atoms with E-state index in [4.69, 9.17) is 0 Å². The monoisotopic (exact) mass is 462 g/mol. The maximum atomic E-state index is 10.2. The molecule has 4 aliphatic rings. The van der Waals surface area contributed by atoms with E-state index < -0.39 is 0 Å². The lowest BCUT2D eigenvalue weighted by Crippen LogP contribution is -2.55. The first-order chi connectivity index (χ1) is 13.3. The highest BCUT2D eigenvalue weighted by Gasteiger charge is 2.60. The third-order valence-corrected chi connectivity index (χ3v) is 10.3. The Morgan fingerprint density at radius 3 is 2.30 bits per heavy atom. The van der Waals surface area contributed by atoms with Crippen LogP contribution >= 0.6 is 24.8 Å². The lowest BCUT2D eigenvalue weighted by Gasteiger charge is -2.61. The van der Waals surface area contributed by atoms with E-state index in [1.54, 1.807) is 0 Å². The van der Waals surface area contributed by atoms with Gasteiger partial charge >= 0.3 is 0 Å². The highest BCUT2D eigenvalue weighted by Crippen LogP contribution is 2.67. The molecule has 4 saturated carbocycles. The third kappa shape index (κ3) is 4.58. The summed E-state index contributed by atoms with van der Waals surface area (Å²) >= 11 is 0. The highest BCUT2D eigenvalue weighted by molar-refractivity contribution is 5.85. The van der Waals surface area contributed by atoms with Crippen LogP contribution in [0, 0.1) is 40.4 Å². The maximum Gasteiger partial charge on any atom is 0.0543 e. The topological polar surface area (TPSA) is 35.5 Å². The summed E-state index contributed by atoms with van der Waals surface area (Å²) in [6.45, 7) is 9.98. The first-order valence-corrected chi connectivity index (χ1v) is 12.3. The number of aliphatic hydroxyl groups is 1. The van der Waals surface area contributed by atoms with E-state index in [2.05, 4.69) is 45.1 Å². The second kappa shape index (κ2) is 10.2. The van der Waals surface area contributed by atoms with E-state index in [1.807, 2.05) is 0 Å². The van der Waals surface area contributed by atoms with Crippen LogP contribution in [0.2, 0.25) is 0 Å². The van der Waals surface area contributed by atoms with Crippen LogP contribution in [0.15, 0.2) is 0 Å². The molecule has 0 heterocycles. The van der Waals surface area contributed by atoms with Gasteiger partial charge in [0.1, 0.15) is 0 Å². The summed E-state index contributed by atoms with van der Waals surface area (Å²) in [5.74, 6) is 4.45. The van der Waals surface area contributed by atoms with Crippen LogP contribution in [-0.4, -0.2) is 49.3 Å². The number of likely N-dealkylation sites (N-methyl/N-ethyl adjacent to an activating group) is 1. The molecule has 30 heavy (non-hydrogen) atoms. The molecule has 0 amide bonds. The molecule has 4 aliphatic carbocycles. The Morgan fingerprint density at radius 1 is 0.933 bits per heavy atom. The molecule has 4 rings (SSSR count). The van der Waals surface area contributed by atoms with E-state index in [9.17, 15) is 5.11 Å². The van der Waals surface area contributed by atoms with Gasteiger partial charge < -0.3 is 15.3 Å². The minimum atomic E-state index is -0.0200. The standard InChI is InChI=1S/C25H46N2O.2ClH/c1-17(26-14-15-27(4)5)21-8-9-22-20-7-6-18-16-19(28)10-12-24(18,2)23(20)11-13-25(21,22)3;;/h17-23,26,28H,6-16H2,1-5H3;2*1H/t17-,18?,19-,20-,21+,22-,23-,24-,25+;;/m0../s1. The number of nitrogens with zero attached hydrogens (tertiary/aromatic N) is 1. The number of rotatable bonds is 5. The van der Waals surface area contributed by atoms with Crippen LogP contribution < -0.4 is 5.32 Å². The van der Waals surface area contributed by atoms with Gasteiger partial charge in [-0.2, -0.15) is 0 Å². The van der Waals surface area contributed by atoms with E-state index in [0.29, 0.717) is 16.9 Å². The Labute approximate surface area is 198 Å². The summed E-state index contributed by atoms with van der Waals surface area (Å²) < 4.78 is 0. The van der Waals surface area contributed by atoms with Crippen LogP contribution in [0.1, 0.15) is 78.6 Å². The van der Waals surface area contributed by atoms with Crippen LogP contribution in [0.3, 0.4) is 0 Å². The van der Waals surface area contributed by atoms with Crippen molar-refractivity contribution in [2.24, 2.45) is 40.4 Å². The van der Waals surface area contributed by atoms with Crippen LogP contribution in [0.4, 0.5) is 0 Å². The molecule has 0 saturated heterocycles. The SMILES string of the molecule is C[C@H](NCCN(C)C)[C@H]1CC[C@H]2[C@@H]3CCC4C[C@@H](O)CC[C@]4(C)[C@H]3CC[C@]12C.Cl.Cl. The van der Waals surface area contributed by atoms with Crippen LogP contribution in [0.5, 0.6) is 0 Å². The highest BCUT2D eigenvalue weighted by atomic mass is 35.5. The number of halogens is 2. The quantitative estimate of drug-likeness (QED) is 0.574. The van der Waals surface area contributed by atoms with Crippen molar-refractivity contribution in [2.45, 2.75) is 90.7 Å². The molecule has 1 unspecified atom stereocenters. The second-order valence-electron chi connectivity index (χ2n) is 11.9. The van der Waals surface area contributed by atoms with Crippen molar-refractivity contribution in [1.29, 1.82) is 0 Å². The van der Waals surface area contributed by atoms with E-state index in [0.717, 1.165) is 55.5 Å². The number of nitrogens with one attached hydrogen (secondary N) is 1. The lowest BCUT2D eigenvalue weighted by atomic mass is 9.44.